The number of carbonyl (C=O) groups is 2. The maximum absolute atomic E-state index is 12.8. The SMILES string of the molecule is Cc1ccc(CC(=O)N2CCCC(c3cccc(OC(C)(C)C(=O)O)c3)C2)cc1. The van der Waals surface area contributed by atoms with E-state index >= 15 is 0 Å². The summed E-state index contributed by atoms with van der Waals surface area (Å²) in [5.41, 5.74) is 2.01. The van der Waals surface area contributed by atoms with Crippen LogP contribution in [0.15, 0.2) is 48.5 Å². The number of aryl methyl sites for hydroxylation is 1. The molecule has 3 rings (SSSR count). The van der Waals surface area contributed by atoms with Gasteiger partial charge in [-0.3, -0.25) is 4.79 Å². The molecule has 1 unspecified atom stereocenters. The van der Waals surface area contributed by atoms with Gasteiger partial charge in [-0.05, 0) is 56.9 Å². The molecule has 1 N–H and O–H groups in total. The normalized spacial score (nSPS) is 17.1. The van der Waals surface area contributed by atoms with Crippen molar-refractivity contribution in [2.75, 3.05) is 13.1 Å². The first kappa shape index (κ1) is 20.9. The molecule has 1 fully saturated rings. The third-order valence-corrected chi connectivity index (χ3v) is 5.47. The fourth-order valence-corrected chi connectivity index (χ4v) is 3.64. The van der Waals surface area contributed by atoms with Crippen LogP contribution in [0.1, 0.15) is 49.3 Å². The minimum atomic E-state index is -1.29. The predicted octanol–water partition coefficient (Wildman–Crippen LogP) is 4.19. The fourth-order valence-electron chi connectivity index (χ4n) is 3.64. The lowest BCUT2D eigenvalue weighted by atomic mass is 9.90. The van der Waals surface area contributed by atoms with E-state index in [-0.39, 0.29) is 11.8 Å². The Bertz CT molecular complexity index is 873. The number of amides is 1. The molecule has 5 heteroatoms. The van der Waals surface area contributed by atoms with Gasteiger partial charge in [-0.15, -0.1) is 0 Å². The van der Waals surface area contributed by atoms with Crippen molar-refractivity contribution in [3.63, 3.8) is 0 Å². The van der Waals surface area contributed by atoms with Crippen molar-refractivity contribution in [1.29, 1.82) is 0 Å². The molecule has 5 nitrogen and oxygen atoms in total. The average molecular weight is 395 g/mol. The summed E-state index contributed by atoms with van der Waals surface area (Å²) in [5, 5.41) is 9.28. The summed E-state index contributed by atoms with van der Waals surface area (Å²) in [5.74, 6) is -0.0911. The summed E-state index contributed by atoms with van der Waals surface area (Å²) in [6, 6.07) is 15.7. The molecule has 1 saturated heterocycles. The van der Waals surface area contributed by atoms with Gasteiger partial charge in [-0.2, -0.15) is 0 Å². The Morgan fingerprint density at radius 1 is 1.17 bits per heavy atom. The van der Waals surface area contributed by atoms with E-state index in [0.717, 1.165) is 30.5 Å². The summed E-state index contributed by atoms with van der Waals surface area (Å²) < 4.78 is 5.68. The first-order chi connectivity index (χ1) is 13.7. The Hall–Kier alpha value is -2.82. The van der Waals surface area contributed by atoms with Crippen LogP contribution in [-0.2, 0) is 16.0 Å². The summed E-state index contributed by atoms with van der Waals surface area (Å²) in [7, 11) is 0. The highest BCUT2D eigenvalue weighted by Gasteiger charge is 2.30. The lowest BCUT2D eigenvalue weighted by Gasteiger charge is -2.33. The van der Waals surface area contributed by atoms with Gasteiger partial charge in [0.25, 0.3) is 0 Å². The number of hydrogen-bond acceptors (Lipinski definition) is 3. The fraction of sp³-hybridized carbons (Fsp3) is 0.417. The molecule has 0 spiro atoms. The number of likely N-dealkylation sites (tertiary alicyclic amines) is 1. The van der Waals surface area contributed by atoms with Crippen molar-refractivity contribution in [3.05, 3.63) is 65.2 Å². The Balaban J connectivity index is 1.67. The van der Waals surface area contributed by atoms with E-state index < -0.39 is 11.6 Å². The summed E-state index contributed by atoms with van der Waals surface area (Å²) in [4.78, 5) is 26.1. The second-order valence-electron chi connectivity index (χ2n) is 8.33. The third-order valence-electron chi connectivity index (χ3n) is 5.47. The van der Waals surface area contributed by atoms with Crippen molar-refractivity contribution in [2.45, 2.75) is 51.6 Å². The van der Waals surface area contributed by atoms with E-state index in [4.69, 9.17) is 4.74 Å². The monoisotopic (exact) mass is 395 g/mol. The molecule has 1 atom stereocenters. The first-order valence-corrected chi connectivity index (χ1v) is 10.1. The van der Waals surface area contributed by atoms with E-state index in [1.54, 1.807) is 6.07 Å². The third kappa shape index (κ3) is 5.37. The van der Waals surface area contributed by atoms with Crippen molar-refractivity contribution < 1.29 is 19.4 Å². The number of piperidine rings is 1. The Kier molecular flexibility index (Phi) is 6.26. The van der Waals surface area contributed by atoms with E-state index in [1.807, 2.05) is 54.3 Å². The van der Waals surface area contributed by atoms with Crippen LogP contribution in [0.5, 0.6) is 5.75 Å². The minimum absolute atomic E-state index is 0.151. The number of benzene rings is 2. The highest BCUT2D eigenvalue weighted by Crippen LogP contribution is 2.30. The van der Waals surface area contributed by atoms with Gasteiger partial charge >= 0.3 is 5.97 Å². The van der Waals surface area contributed by atoms with Gasteiger partial charge in [0.15, 0.2) is 5.60 Å². The number of nitrogens with zero attached hydrogens (tertiary/aromatic N) is 1. The topological polar surface area (TPSA) is 66.8 Å². The van der Waals surface area contributed by atoms with Crippen molar-refractivity contribution in [1.82, 2.24) is 4.90 Å². The molecule has 0 saturated carbocycles. The smallest absolute Gasteiger partial charge is 0.347 e. The number of carboxylic acids is 1. The van der Waals surface area contributed by atoms with Gasteiger partial charge < -0.3 is 14.7 Å². The van der Waals surface area contributed by atoms with Crippen molar-refractivity contribution in [3.8, 4) is 5.75 Å². The zero-order valence-electron chi connectivity index (χ0n) is 17.4. The van der Waals surface area contributed by atoms with E-state index in [2.05, 4.69) is 0 Å². The van der Waals surface area contributed by atoms with Crippen LogP contribution in [0.2, 0.25) is 0 Å². The van der Waals surface area contributed by atoms with Crippen LogP contribution in [0.3, 0.4) is 0 Å². The van der Waals surface area contributed by atoms with E-state index in [9.17, 15) is 14.7 Å². The zero-order valence-corrected chi connectivity index (χ0v) is 17.4. The Morgan fingerprint density at radius 3 is 2.59 bits per heavy atom. The van der Waals surface area contributed by atoms with Gasteiger partial charge in [0.1, 0.15) is 5.75 Å². The van der Waals surface area contributed by atoms with Crippen LogP contribution in [0, 0.1) is 6.92 Å². The molecule has 1 heterocycles. The highest BCUT2D eigenvalue weighted by molar-refractivity contribution is 5.79. The second kappa shape index (κ2) is 8.68. The van der Waals surface area contributed by atoms with Crippen LogP contribution in [0.25, 0.3) is 0 Å². The van der Waals surface area contributed by atoms with Crippen LogP contribution >= 0.6 is 0 Å². The lowest BCUT2D eigenvalue weighted by Crippen LogP contribution is -2.40. The predicted molar refractivity (Wildman–Crippen MR) is 112 cm³/mol. The number of rotatable bonds is 6. The summed E-state index contributed by atoms with van der Waals surface area (Å²) in [6.07, 6.45) is 2.37. The van der Waals surface area contributed by atoms with Gasteiger partial charge in [-0.1, -0.05) is 42.0 Å². The molecule has 0 aromatic heterocycles. The number of aliphatic carboxylic acids is 1. The van der Waals surface area contributed by atoms with Gasteiger partial charge in [0.05, 0.1) is 6.42 Å². The minimum Gasteiger partial charge on any atom is -0.478 e. The molecule has 1 amide bonds. The van der Waals surface area contributed by atoms with Crippen LogP contribution in [-0.4, -0.2) is 40.6 Å². The van der Waals surface area contributed by atoms with Gasteiger partial charge in [0, 0.05) is 19.0 Å². The largest absolute Gasteiger partial charge is 0.478 e. The van der Waals surface area contributed by atoms with E-state index in [1.165, 1.54) is 19.4 Å². The lowest BCUT2D eigenvalue weighted by molar-refractivity contribution is -0.152. The molecule has 0 aliphatic carbocycles. The van der Waals surface area contributed by atoms with Gasteiger partial charge in [0.2, 0.25) is 5.91 Å². The number of hydrogen-bond donors (Lipinski definition) is 1. The molecule has 29 heavy (non-hydrogen) atoms. The number of carbonyl (C=O) groups excluding carboxylic acids is 1. The average Bonchev–Trinajstić information content (AvgIpc) is 2.69. The van der Waals surface area contributed by atoms with E-state index in [0.29, 0.717) is 18.7 Å². The molecule has 2 aromatic rings. The van der Waals surface area contributed by atoms with Gasteiger partial charge in [-0.25, -0.2) is 4.79 Å². The standard InChI is InChI=1S/C24H29NO4/c1-17-9-11-18(12-10-17)14-22(26)25-13-5-7-20(16-25)19-6-4-8-21(15-19)29-24(2,3)23(27)28/h4,6,8-12,15,20H,5,7,13-14,16H2,1-3H3,(H,27,28). The molecule has 0 radical (unpaired) electrons. The zero-order chi connectivity index (χ0) is 21.0. The second-order valence-corrected chi connectivity index (χ2v) is 8.33. The molecule has 1 aliphatic rings. The maximum atomic E-state index is 12.8. The Morgan fingerprint density at radius 2 is 1.90 bits per heavy atom. The quantitative estimate of drug-likeness (QED) is 0.797. The highest BCUT2D eigenvalue weighted by atomic mass is 16.5. The molecular weight excluding hydrogens is 366 g/mol. The summed E-state index contributed by atoms with van der Waals surface area (Å²) >= 11 is 0. The number of carboxylic acid groups (broad SMARTS) is 1. The maximum Gasteiger partial charge on any atom is 0.347 e. The summed E-state index contributed by atoms with van der Waals surface area (Å²) in [6.45, 7) is 6.57. The molecule has 0 bridgehead atoms. The number of ether oxygens (including phenoxy) is 1. The van der Waals surface area contributed by atoms with Crippen molar-refractivity contribution >= 4 is 11.9 Å². The molecular formula is C24H29NO4. The van der Waals surface area contributed by atoms with Crippen molar-refractivity contribution in [2.24, 2.45) is 0 Å². The molecule has 2 aromatic carbocycles. The molecule has 154 valence electrons. The Labute approximate surface area is 172 Å². The first-order valence-electron chi connectivity index (χ1n) is 10.1. The van der Waals surface area contributed by atoms with Crippen LogP contribution in [0.4, 0.5) is 0 Å². The van der Waals surface area contributed by atoms with Crippen LogP contribution < -0.4 is 4.74 Å². The molecule has 1 aliphatic heterocycles.